The summed E-state index contributed by atoms with van der Waals surface area (Å²) in [6.07, 6.45) is 1.75. The highest BCUT2D eigenvalue weighted by atomic mass is 32.2. The van der Waals surface area contributed by atoms with E-state index in [-0.39, 0.29) is 16.8 Å². The van der Waals surface area contributed by atoms with Gasteiger partial charge in [0.15, 0.2) is 10.9 Å². The van der Waals surface area contributed by atoms with Crippen molar-refractivity contribution in [3.05, 3.63) is 80.1 Å². The lowest BCUT2D eigenvalue weighted by molar-refractivity contribution is 0.674. The van der Waals surface area contributed by atoms with Crippen molar-refractivity contribution in [2.75, 3.05) is 0 Å². The van der Waals surface area contributed by atoms with Gasteiger partial charge in [-0.15, -0.1) is 22.7 Å². The summed E-state index contributed by atoms with van der Waals surface area (Å²) in [5.74, 6) is -0.108. The first-order valence-corrected chi connectivity index (χ1v) is 11.4. The van der Waals surface area contributed by atoms with Gasteiger partial charge in [-0.05, 0) is 30.7 Å². The Bertz CT molecular complexity index is 1220. The Kier molecular flexibility index (Phi) is 4.19. The zero-order valence-electron chi connectivity index (χ0n) is 14.7. The molecule has 5 heteroatoms. The highest BCUT2D eigenvalue weighted by Crippen LogP contribution is 2.50. The first kappa shape index (κ1) is 17.2. The molecule has 2 aromatic heterocycles. The van der Waals surface area contributed by atoms with Crippen LogP contribution in [0.15, 0.2) is 66.5 Å². The predicted molar refractivity (Wildman–Crippen MR) is 117 cm³/mol. The van der Waals surface area contributed by atoms with Crippen molar-refractivity contribution in [1.29, 1.82) is 0 Å². The maximum Gasteiger partial charge on any atom is 0.193 e. The largest absolute Gasteiger partial charge is 0.289 e. The van der Waals surface area contributed by atoms with Gasteiger partial charge >= 0.3 is 0 Å². The van der Waals surface area contributed by atoms with Crippen molar-refractivity contribution in [3.63, 3.8) is 0 Å². The third kappa shape index (κ3) is 2.60. The molecule has 1 aliphatic heterocycles. The molecule has 5 rings (SSSR count). The van der Waals surface area contributed by atoms with E-state index in [1.165, 1.54) is 0 Å². The van der Waals surface area contributed by atoms with Crippen LogP contribution in [0.1, 0.15) is 36.8 Å². The molecule has 0 unspecified atom stereocenters. The molecule has 0 fully saturated rings. The number of rotatable bonds is 2. The molecule has 0 N–H and O–H groups in total. The van der Waals surface area contributed by atoms with Gasteiger partial charge in [0.1, 0.15) is 0 Å². The molecule has 0 bridgehead atoms. The predicted octanol–water partition coefficient (Wildman–Crippen LogP) is 6.23. The topological polar surface area (TPSA) is 34.1 Å². The Morgan fingerprint density at radius 3 is 1.74 bits per heavy atom. The lowest BCUT2D eigenvalue weighted by Gasteiger charge is -2.26. The van der Waals surface area contributed by atoms with Crippen LogP contribution >= 0.6 is 34.4 Å². The van der Waals surface area contributed by atoms with Gasteiger partial charge in [-0.25, -0.2) is 0 Å². The molecule has 0 amide bonds. The molecule has 0 saturated heterocycles. The molecule has 4 aromatic rings. The Hall–Kier alpha value is -1.95. The third-order valence-corrected chi connectivity index (χ3v) is 8.83. The summed E-state index contributed by atoms with van der Waals surface area (Å²) < 4.78 is 4.13. The fraction of sp³-hybridized carbons (Fsp3) is 0.182. The molecule has 0 atom stereocenters. The summed E-state index contributed by atoms with van der Waals surface area (Å²) in [6.45, 7) is 2.12. The summed E-state index contributed by atoms with van der Waals surface area (Å²) in [5.41, 5.74) is 1.84. The van der Waals surface area contributed by atoms with Gasteiger partial charge in [0.25, 0.3) is 0 Å². The second-order valence-corrected chi connectivity index (χ2v) is 10.3. The normalized spacial score (nSPS) is 13.7. The Morgan fingerprint density at radius 2 is 1.26 bits per heavy atom. The molecule has 3 heterocycles. The summed E-state index contributed by atoms with van der Waals surface area (Å²) in [7, 11) is 0. The minimum atomic E-state index is -0.108. The molecule has 0 saturated carbocycles. The van der Waals surface area contributed by atoms with Crippen LogP contribution in [0.2, 0.25) is 0 Å². The average Bonchev–Trinajstić information content (AvgIpc) is 2.68. The van der Waals surface area contributed by atoms with Crippen LogP contribution in [0.3, 0.4) is 0 Å². The van der Waals surface area contributed by atoms with Crippen molar-refractivity contribution in [1.82, 2.24) is 0 Å². The Balaban J connectivity index is 1.87. The van der Waals surface area contributed by atoms with Crippen LogP contribution in [0, 0.1) is 0 Å². The molecule has 0 radical (unpaired) electrons. The van der Waals surface area contributed by atoms with Crippen molar-refractivity contribution in [2.24, 2.45) is 0 Å². The molecule has 0 aliphatic carbocycles. The van der Waals surface area contributed by atoms with Gasteiger partial charge in [0.05, 0.1) is 8.42 Å². The minimum absolute atomic E-state index is 0.0912. The second-order valence-electron chi connectivity index (χ2n) is 6.70. The molecular weight excluding hydrogens is 392 g/mol. The summed E-state index contributed by atoms with van der Waals surface area (Å²) >= 11 is 4.96. The first-order valence-electron chi connectivity index (χ1n) is 8.98. The van der Waals surface area contributed by atoms with Crippen molar-refractivity contribution >= 4 is 54.6 Å². The SMILES string of the molecule is CCCC1c2c(sc3ccccc3c2=O)Sc2sc3ccccc3c(=O)c21. The number of hydrogen-bond donors (Lipinski definition) is 0. The third-order valence-electron chi connectivity index (χ3n) is 5.06. The zero-order chi connectivity index (χ0) is 18.5. The molecule has 27 heavy (non-hydrogen) atoms. The van der Waals surface area contributed by atoms with Crippen molar-refractivity contribution in [2.45, 2.75) is 34.1 Å². The van der Waals surface area contributed by atoms with Crippen LogP contribution < -0.4 is 10.9 Å². The zero-order valence-corrected chi connectivity index (χ0v) is 17.1. The van der Waals surface area contributed by atoms with Gasteiger partial charge in [0.2, 0.25) is 0 Å². The maximum absolute atomic E-state index is 13.3. The quantitative estimate of drug-likeness (QED) is 0.394. The van der Waals surface area contributed by atoms with Gasteiger partial charge in [-0.1, -0.05) is 49.4 Å². The summed E-state index contributed by atoms with van der Waals surface area (Å²) in [5, 5.41) is 1.53. The smallest absolute Gasteiger partial charge is 0.193 e. The lowest BCUT2D eigenvalue weighted by atomic mass is 9.88. The van der Waals surface area contributed by atoms with E-state index in [0.29, 0.717) is 0 Å². The van der Waals surface area contributed by atoms with Gasteiger partial charge in [0, 0.05) is 37.2 Å². The highest BCUT2D eigenvalue weighted by molar-refractivity contribution is 8.03. The number of hydrogen-bond acceptors (Lipinski definition) is 5. The summed E-state index contributed by atoms with van der Waals surface area (Å²) in [4.78, 5) is 26.7. The van der Waals surface area contributed by atoms with E-state index in [1.807, 2.05) is 48.5 Å². The van der Waals surface area contributed by atoms with Crippen LogP contribution in [0.4, 0.5) is 0 Å². The van der Waals surface area contributed by atoms with Crippen molar-refractivity contribution < 1.29 is 0 Å². The fourth-order valence-electron chi connectivity index (χ4n) is 3.83. The first-order chi connectivity index (χ1) is 13.2. The van der Waals surface area contributed by atoms with E-state index in [4.69, 9.17) is 0 Å². The molecule has 1 aliphatic rings. The van der Waals surface area contributed by atoms with E-state index >= 15 is 0 Å². The van der Waals surface area contributed by atoms with E-state index < -0.39 is 0 Å². The van der Waals surface area contributed by atoms with Crippen molar-refractivity contribution in [3.8, 4) is 0 Å². The van der Waals surface area contributed by atoms with Gasteiger partial charge < -0.3 is 0 Å². The average molecular weight is 409 g/mol. The monoisotopic (exact) mass is 408 g/mol. The second kappa shape index (κ2) is 6.59. The Morgan fingerprint density at radius 1 is 0.778 bits per heavy atom. The van der Waals surface area contributed by atoms with E-state index in [2.05, 4.69) is 6.92 Å². The van der Waals surface area contributed by atoms with Crippen LogP contribution in [-0.2, 0) is 0 Å². The Labute approximate surface area is 168 Å². The van der Waals surface area contributed by atoms with Gasteiger partial charge in [-0.2, -0.15) is 0 Å². The van der Waals surface area contributed by atoms with E-state index in [0.717, 1.165) is 52.6 Å². The molecule has 2 aromatic carbocycles. The van der Waals surface area contributed by atoms with Crippen LogP contribution in [-0.4, -0.2) is 0 Å². The molecule has 134 valence electrons. The number of benzene rings is 2. The maximum atomic E-state index is 13.3. The van der Waals surface area contributed by atoms with E-state index in [1.54, 1.807) is 34.4 Å². The molecule has 2 nitrogen and oxygen atoms in total. The molecule has 0 spiro atoms. The lowest BCUT2D eigenvalue weighted by Crippen LogP contribution is -2.24. The highest BCUT2D eigenvalue weighted by Gasteiger charge is 2.33. The van der Waals surface area contributed by atoms with E-state index in [9.17, 15) is 9.59 Å². The van der Waals surface area contributed by atoms with Gasteiger partial charge in [-0.3, -0.25) is 9.59 Å². The standard InChI is InChI=1S/C22H16O2S3/c1-2-7-14-17-19(23)12-8-3-5-10-15(12)25-21(17)27-22-18(14)20(24)13-9-4-6-11-16(13)26-22/h3-6,8-11,14H,2,7H2,1H3. The fourth-order valence-corrected chi connectivity index (χ4v) is 8.14. The van der Waals surface area contributed by atoms with Crippen LogP contribution in [0.25, 0.3) is 20.2 Å². The molecular formula is C22H16O2S3. The van der Waals surface area contributed by atoms with Crippen LogP contribution in [0.5, 0.6) is 0 Å². The minimum Gasteiger partial charge on any atom is -0.289 e. The summed E-state index contributed by atoms with van der Waals surface area (Å²) in [6, 6.07) is 15.6. The number of fused-ring (bicyclic) bond motifs is 4.